The Morgan fingerprint density at radius 3 is 1.95 bits per heavy atom. The smallest absolute Gasteiger partial charge is 0.429 e. The average Bonchev–Trinajstić information content (AvgIpc) is 2.90. The Kier molecular flexibility index (Phi) is 10.4. The summed E-state index contributed by atoms with van der Waals surface area (Å²) in [5, 5.41) is 0. The Balaban J connectivity index is 1.67. The molecule has 3 rings (SSSR count). The highest BCUT2D eigenvalue weighted by atomic mass is 19.3. The van der Waals surface area contributed by atoms with Gasteiger partial charge >= 0.3 is 6.11 Å². The number of halogens is 9. The second-order valence-corrected chi connectivity index (χ2v) is 9.37. The molecular formula is C29H27F9O3. The number of hydrogen-bond acceptors (Lipinski definition) is 3. The first-order valence-electron chi connectivity index (χ1n) is 12.7. The highest BCUT2D eigenvalue weighted by Gasteiger charge is 2.41. The molecule has 0 saturated heterocycles. The van der Waals surface area contributed by atoms with Crippen molar-refractivity contribution < 1.29 is 53.7 Å². The molecule has 0 unspecified atom stereocenters. The molecule has 0 aliphatic heterocycles. The van der Waals surface area contributed by atoms with Crippen molar-refractivity contribution in [2.24, 2.45) is 0 Å². The number of unbranched alkanes of at least 4 members (excludes halogenated alkanes) is 3. The quantitative estimate of drug-likeness (QED) is 0.138. The molecule has 0 fully saturated rings. The van der Waals surface area contributed by atoms with Gasteiger partial charge in [-0.2, -0.15) is 17.6 Å². The summed E-state index contributed by atoms with van der Waals surface area (Å²) in [4.78, 5) is 0. The standard InChI is InChI=1S/C29H27F9O3/c1-3-4-5-6-13-39-22-11-12-23(27(34)26(22)33)40-16-28(35,36)15-18-8-9-19(25(32)24(18)31)29(37,38)41-21-10-7-17(2)14-20(21)30/h7-12,14H,3-6,13,15-16H2,1-2H3. The summed E-state index contributed by atoms with van der Waals surface area (Å²) < 4.78 is 144. The van der Waals surface area contributed by atoms with Gasteiger partial charge in [-0.1, -0.05) is 38.3 Å². The third kappa shape index (κ3) is 8.23. The van der Waals surface area contributed by atoms with Crippen molar-refractivity contribution in [1.29, 1.82) is 0 Å². The first-order valence-corrected chi connectivity index (χ1v) is 12.7. The summed E-state index contributed by atoms with van der Waals surface area (Å²) >= 11 is 0. The van der Waals surface area contributed by atoms with Crippen LogP contribution in [0.25, 0.3) is 0 Å². The van der Waals surface area contributed by atoms with E-state index < -0.39 is 82.5 Å². The molecule has 0 heterocycles. The second kappa shape index (κ2) is 13.4. The molecule has 41 heavy (non-hydrogen) atoms. The Morgan fingerprint density at radius 2 is 1.32 bits per heavy atom. The summed E-state index contributed by atoms with van der Waals surface area (Å²) in [5.74, 6) is -14.6. The minimum Gasteiger partial charge on any atom is -0.490 e. The largest absolute Gasteiger partial charge is 0.490 e. The van der Waals surface area contributed by atoms with Crippen molar-refractivity contribution >= 4 is 0 Å². The van der Waals surface area contributed by atoms with E-state index in [1.165, 1.54) is 13.0 Å². The molecule has 0 amide bonds. The van der Waals surface area contributed by atoms with E-state index in [0.29, 0.717) is 24.1 Å². The van der Waals surface area contributed by atoms with Crippen molar-refractivity contribution in [2.45, 2.75) is 58.0 Å². The number of aryl methyl sites for hydroxylation is 1. The predicted molar refractivity (Wildman–Crippen MR) is 132 cm³/mol. The van der Waals surface area contributed by atoms with Crippen LogP contribution in [0, 0.1) is 36.0 Å². The lowest BCUT2D eigenvalue weighted by molar-refractivity contribution is -0.189. The molecule has 0 saturated carbocycles. The van der Waals surface area contributed by atoms with E-state index >= 15 is 0 Å². The minimum absolute atomic E-state index is 0.121. The van der Waals surface area contributed by atoms with Crippen molar-refractivity contribution in [3.63, 3.8) is 0 Å². The highest BCUT2D eigenvalue weighted by molar-refractivity contribution is 5.35. The first-order chi connectivity index (χ1) is 19.3. The van der Waals surface area contributed by atoms with Crippen LogP contribution in [0.3, 0.4) is 0 Å². The lowest BCUT2D eigenvalue weighted by atomic mass is 10.0. The normalized spacial score (nSPS) is 12.0. The molecule has 12 heteroatoms. The molecule has 3 nitrogen and oxygen atoms in total. The van der Waals surface area contributed by atoms with Crippen LogP contribution in [-0.2, 0) is 12.5 Å². The molecule has 0 atom stereocenters. The number of benzene rings is 3. The van der Waals surface area contributed by atoms with E-state index in [4.69, 9.17) is 4.74 Å². The highest BCUT2D eigenvalue weighted by Crippen LogP contribution is 2.37. The summed E-state index contributed by atoms with van der Waals surface area (Å²) in [5.41, 5.74) is -2.27. The van der Waals surface area contributed by atoms with Gasteiger partial charge in [0.1, 0.15) is 5.56 Å². The molecule has 3 aromatic carbocycles. The van der Waals surface area contributed by atoms with Gasteiger partial charge in [0.15, 0.2) is 41.3 Å². The number of rotatable bonds is 14. The maximum absolute atomic E-state index is 14.6. The van der Waals surface area contributed by atoms with Crippen LogP contribution in [0.2, 0.25) is 0 Å². The van der Waals surface area contributed by atoms with Crippen molar-refractivity contribution in [1.82, 2.24) is 0 Å². The lowest BCUT2D eigenvalue weighted by Crippen LogP contribution is -2.30. The molecule has 0 aliphatic rings. The third-order valence-corrected chi connectivity index (χ3v) is 5.96. The number of ether oxygens (including phenoxy) is 3. The summed E-state index contributed by atoms with van der Waals surface area (Å²) in [6.45, 7) is 2.03. The van der Waals surface area contributed by atoms with E-state index in [2.05, 4.69) is 9.47 Å². The first kappa shape index (κ1) is 32.0. The molecule has 3 aromatic rings. The van der Waals surface area contributed by atoms with E-state index in [1.54, 1.807) is 0 Å². The average molecular weight is 595 g/mol. The molecule has 0 aromatic heterocycles. The van der Waals surface area contributed by atoms with Crippen molar-refractivity contribution in [3.8, 4) is 17.2 Å². The van der Waals surface area contributed by atoms with Crippen LogP contribution >= 0.6 is 0 Å². The third-order valence-electron chi connectivity index (χ3n) is 5.96. The molecule has 0 bridgehead atoms. The SMILES string of the molecule is CCCCCCOc1ccc(OCC(F)(F)Cc2ccc(C(F)(F)Oc3ccc(C)cc3F)c(F)c2F)c(F)c1F. The van der Waals surface area contributed by atoms with Crippen LogP contribution in [0.15, 0.2) is 42.5 Å². The predicted octanol–water partition coefficient (Wildman–Crippen LogP) is 9.03. The van der Waals surface area contributed by atoms with Gasteiger partial charge in [0.25, 0.3) is 5.92 Å². The molecule has 0 radical (unpaired) electrons. The van der Waals surface area contributed by atoms with Gasteiger partial charge in [-0.15, -0.1) is 0 Å². The number of alkyl halides is 4. The zero-order valence-corrected chi connectivity index (χ0v) is 22.1. The van der Waals surface area contributed by atoms with Crippen molar-refractivity contribution in [3.05, 3.63) is 88.2 Å². The Morgan fingerprint density at radius 1 is 0.683 bits per heavy atom. The topological polar surface area (TPSA) is 27.7 Å². The van der Waals surface area contributed by atoms with Crippen LogP contribution in [0.5, 0.6) is 17.2 Å². The summed E-state index contributed by atoms with van der Waals surface area (Å²) in [6.07, 6.45) is -2.75. The van der Waals surface area contributed by atoms with Crippen LogP contribution in [0.4, 0.5) is 39.5 Å². The maximum atomic E-state index is 14.6. The van der Waals surface area contributed by atoms with E-state index in [-0.39, 0.29) is 6.61 Å². The fourth-order valence-electron chi connectivity index (χ4n) is 3.79. The second-order valence-electron chi connectivity index (χ2n) is 9.37. The van der Waals surface area contributed by atoms with Gasteiger partial charge in [-0.05, 0) is 54.8 Å². The molecule has 0 aliphatic carbocycles. The van der Waals surface area contributed by atoms with Crippen molar-refractivity contribution in [2.75, 3.05) is 13.2 Å². The van der Waals surface area contributed by atoms with Gasteiger partial charge in [0.05, 0.1) is 6.61 Å². The van der Waals surface area contributed by atoms with Crippen LogP contribution < -0.4 is 14.2 Å². The fourth-order valence-corrected chi connectivity index (χ4v) is 3.79. The van der Waals surface area contributed by atoms with Gasteiger partial charge in [-0.3, -0.25) is 0 Å². The zero-order valence-electron chi connectivity index (χ0n) is 22.1. The monoisotopic (exact) mass is 594 g/mol. The lowest BCUT2D eigenvalue weighted by Gasteiger charge is -2.21. The molecule has 224 valence electrons. The van der Waals surface area contributed by atoms with Crippen LogP contribution in [0.1, 0.15) is 49.3 Å². The summed E-state index contributed by atoms with van der Waals surface area (Å²) in [6, 6.07) is 5.69. The van der Waals surface area contributed by atoms with E-state index in [1.807, 2.05) is 6.92 Å². The minimum atomic E-state index is -4.56. The Labute approximate surface area is 230 Å². The maximum Gasteiger partial charge on any atom is 0.429 e. The Hall–Kier alpha value is -3.57. The summed E-state index contributed by atoms with van der Waals surface area (Å²) in [7, 11) is 0. The van der Waals surface area contributed by atoms with E-state index in [0.717, 1.165) is 43.5 Å². The van der Waals surface area contributed by atoms with E-state index in [9.17, 15) is 39.5 Å². The van der Waals surface area contributed by atoms with Gasteiger partial charge in [-0.25, -0.2) is 22.0 Å². The zero-order chi connectivity index (χ0) is 30.4. The van der Waals surface area contributed by atoms with Crippen LogP contribution in [-0.4, -0.2) is 19.1 Å². The molecule has 0 spiro atoms. The van der Waals surface area contributed by atoms with Gasteiger partial charge < -0.3 is 14.2 Å². The molecule has 0 N–H and O–H groups in total. The Bertz CT molecular complexity index is 1350. The van der Waals surface area contributed by atoms with Gasteiger partial charge in [0.2, 0.25) is 11.6 Å². The van der Waals surface area contributed by atoms with Gasteiger partial charge in [0, 0.05) is 6.42 Å². The number of hydrogen-bond donors (Lipinski definition) is 0. The fraction of sp³-hybridized carbons (Fsp3) is 0.379. The molecular weight excluding hydrogens is 567 g/mol.